The van der Waals surface area contributed by atoms with Crippen LogP contribution in [0.4, 0.5) is 0 Å². The second kappa shape index (κ2) is 7.30. The third kappa shape index (κ3) is 3.36. The number of hydrogen-bond donors (Lipinski definition) is 1. The van der Waals surface area contributed by atoms with Crippen molar-refractivity contribution in [2.45, 2.75) is 39.8 Å². The van der Waals surface area contributed by atoms with Crippen molar-refractivity contribution < 1.29 is 0 Å². The monoisotopic (exact) mass is 299 g/mol. The van der Waals surface area contributed by atoms with E-state index in [9.17, 15) is 0 Å². The van der Waals surface area contributed by atoms with Gasteiger partial charge in [0.15, 0.2) is 0 Å². The molecule has 1 aromatic heterocycles. The van der Waals surface area contributed by atoms with Gasteiger partial charge >= 0.3 is 0 Å². The molecule has 2 heterocycles. The van der Waals surface area contributed by atoms with Crippen LogP contribution in [0.25, 0.3) is 10.9 Å². The number of piperidine rings is 1. The van der Waals surface area contributed by atoms with Crippen LogP contribution >= 0.6 is 0 Å². The van der Waals surface area contributed by atoms with Gasteiger partial charge in [-0.1, -0.05) is 25.1 Å². The van der Waals surface area contributed by atoms with Crippen LogP contribution in [-0.4, -0.2) is 35.6 Å². The average molecular weight is 299 g/mol. The van der Waals surface area contributed by atoms with E-state index in [-0.39, 0.29) is 0 Å². The molecule has 0 atom stereocenters. The van der Waals surface area contributed by atoms with Gasteiger partial charge in [0.2, 0.25) is 0 Å². The van der Waals surface area contributed by atoms with Crippen LogP contribution in [0.3, 0.4) is 0 Å². The molecule has 0 radical (unpaired) electrons. The predicted octanol–water partition coefficient (Wildman–Crippen LogP) is 3.48. The first-order valence-electron chi connectivity index (χ1n) is 8.81. The lowest BCUT2D eigenvalue weighted by molar-refractivity contribution is 0.207. The largest absolute Gasteiger partial charge is 0.347 e. The van der Waals surface area contributed by atoms with Crippen molar-refractivity contribution >= 4 is 10.9 Å². The maximum absolute atomic E-state index is 3.47. The summed E-state index contributed by atoms with van der Waals surface area (Å²) in [6.45, 7) is 11.4. The maximum atomic E-state index is 3.47. The lowest BCUT2D eigenvalue weighted by Crippen LogP contribution is -2.35. The highest BCUT2D eigenvalue weighted by atomic mass is 15.1. The van der Waals surface area contributed by atoms with Crippen molar-refractivity contribution in [1.82, 2.24) is 14.8 Å². The number of benzene rings is 1. The number of nitrogens with one attached hydrogen (secondary N) is 1. The summed E-state index contributed by atoms with van der Waals surface area (Å²) in [4.78, 5) is 2.62. The molecule has 3 heteroatoms. The van der Waals surface area contributed by atoms with Gasteiger partial charge in [0.05, 0.1) is 0 Å². The normalized spacial score (nSPS) is 16.7. The summed E-state index contributed by atoms with van der Waals surface area (Å²) >= 11 is 0. The van der Waals surface area contributed by atoms with E-state index >= 15 is 0 Å². The fourth-order valence-electron chi connectivity index (χ4n) is 3.69. The van der Waals surface area contributed by atoms with Crippen LogP contribution in [0.1, 0.15) is 32.3 Å². The molecule has 1 N–H and O–H groups in total. The molecular formula is C19H29N3. The Morgan fingerprint density at radius 2 is 1.95 bits per heavy atom. The van der Waals surface area contributed by atoms with Crippen molar-refractivity contribution in [1.29, 1.82) is 0 Å². The van der Waals surface area contributed by atoms with E-state index in [4.69, 9.17) is 0 Å². The number of fused-ring (bicyclic) bond motifs is 1. The Kier molecular flexibility index (Phi) is 5.16. The van der Waals surface area contributed by atoms with E-state index in [1.165, 1.54) is 48.9 Å². The third-order valence-electron chi connectivity index (χ3n) is 5.03. The number of nitrogens with zero attached hydrogens (tertiary/aromatic N) is 2. The standard InChI is InChI=1S/C19H29N3/c1-3-21(13-16-9-11-20-12-10-16)14-17-15-22(4-2)19-8-6-5-7-18(17)19/h5-8,15-16,20H,3-4,9-14H2,1-2H3. The van der Waals surface area contributed by atoms with Gasteiger partial charge < -0.3 is 9.88 Å². The van der Waals surface area contributed by atoms with Gasteiger partial charge in [-0.3, -0.25) is 4.90 Å². The Bertz CT molecular complexity index is 596. The van der Waals surface area contributed by atoms with Crippen LogP contribution in [0.5, 0.6) is 0 Å². The smallest absolute Gasteiger partial charge is 0.0483 e. The molecule has 0 saturated carbocycles. The molecule has 1 saturated heterocycles. The minimum Gasteiger partial charge on any atom is -0.347 e. The Labute approximate surface area is 134 Å². The molecule has 120 valence electrons. The van der Waals surface area contributed by atoms with E-state index < -0.39 is 0 Å². The van der Waals surface area contributed by atoms with Gasteiger partial charge in [0.1, 0.15) is 0 Å². The second-order valence-electron chi connectivity index (χ2n) is 6.48. The van der Waals surface area contributed by atoms with E-state index in [0.717, 1.165) is 25.6 Å². The fourth-order valence-corrected chi connectivity index (χ4v) is 3.69. The zero-order valence-electron chi connectivity index (χ0n) is 14.0. The molecule has 0 unspecified atom stereocenters. The van der Waals surface area contributed by atoms with Crippen molar-refractivity contribution in [3.8, 4) is 0 Å². The van der Waals surface area contributed by atoms with Crippen molar-refractivity contribution in [3.05, 3.63) is 36.0 Å². The molecule has 0 amide bonds. The van der Waals surface area contributed by atoms with E-state index in [2.05, 4.69) is 59.1 Å². The summed E-state index contributed by atoms with van der Waals surface area (Å²) in [5, 5.41) is 4.89. The van der Waals surface area contributed by atoms with Crippen LogP contribution in [-0.2, 0) is 13.1 Å². The molecule has 22 heavy (non-hydrogen) atoms. The molecular weight excluding hydrogens is 270 g/mol. The first-order valence-corrected chi connectivity index (χ1v) is 8.81. The summed E-state index contributed by atoms with van der Waals surface area (Å²) in [6.07, 6.45) is 5.01. The topological polar surface area (TPSA) is 20.2 Å². The predicted molar refractivity (Wildman–Crippen MR) is 94.2 cm³/mol. The highest BCUT2D eigenvalue weighted by Crippen LogP contribution is 2.23. The van der Waals surface area contributed by atoms with Gasteiger partial charge in [-0.25, -0.2) is 0 Å². The van der Waals surface area contributed by atoms with Crippen molar-refractivity contribution in [2.75, 3.05) is 26.2 Å². The molecule has 0 spiro atoms. The van der Waals surface area contributed by atoms with Crippen LogP contribution in [0.2, 0.25) is 0 Å². The van der Waals surface area contributed by atoms with E-state index in [1.54, 1.807) is 0 Å². The fraction of sp³-hybridized carbons (Fsp3) is 0.579. The summed E-state index contributed by atoms with van der Waals surface area (Å²) in [5.41, 5.74) is 2.85. The third-order valence-corrected chi connectivity index (χ3v) is 5.03. The zero-order chi connectivity index (χ0) is 15.4. The van der Waals surface area contributed by atoms with Crippen LogP contribution < -0.4 is 5.32 Å². The van der Waals surface area contributed by atoms with Gasteiger partial charge in [-0.15, -0.1) is 0 Å². The molecule has 1 aromatic carbocycles. The van der Waals surface area contributed by atoms with E-state index in [1.807, 2.05) is 0 Å². The number of aromatic nitrogens is 1. The lowest BCUT2D eigenvalue weighted by atomic mass is 9.97. The molecule has 3 nitrogen and oxygen atoms in total. The summed E-state index contributed by atoms with van der Waals surface area (Å²) in [5.74, 6) is 0.862. The Balaban J connectivity index is 1.75. The average Bonchev–Trinajstić information content (AvgIpc) is 2.93. The van der Waals surface area contributed by atoms with E-state index in [0.29, 0.717) is 0 Å². The molecule has 1 aliphatic rings. The van der Waals surface area contributed by atoms with Crippen molar-refractivity contribution in [3.63, 3.8) is 0 Å². The summed E-state index contributed by atoms with van der Waals surface area (Å²) < 4.78 is 2.38. The Morgan fingerprint density at radius 1 is 1.18 bits per heavy atom. The van der Waals surface area contributed by atoms with Crippen LogP contribution in [0, 0.1) is 5.92 Å². The number of hydrogen-bond acceptors (Lipinski definition) is 2. The molecule has 0 bridgehead atoms. The Morgan fingerprint density at radius 3 is 2.68 bits per heavy atom. The number of rotatable bonds is 6. The minimum absolute atomic E-state index is 0.862. The minimum atomic E-state index is 0.862. The first kappa shape index (κ1) is 15.6. The number of aryl methyl sites for hydroxylation is 1. The Hall–Kier alpha value is -1.32. The van der Waals surface area contributed by atoms with Gasteiger partial charge in [-0.05, 0) is 56.9 Å². The quantitative estimate of drug-likeness (QED) is 0.881. The highest BCUT2D eigenvalue weighted by Gasteiger charge is 2.17. The maximum Gasteiger partial charge on any atom is 0.0483 e. The first-order chi connectivity index (χ1) is 10.8. The van der Waals surface area contributed by atoms with Crippen molar-refractivity contribution in [2.24, 2.45) is 5.92 Å². The zero-order valence-corrected chi connectivity index (χ0v) is 14.0. The SMILES string of the molecule is CCN(Cc1cn(CC)c2ccccc12)CC1CCNCC1. The van der Waals surface area contributed by atoms with Crippen LogP contribution in [0.15, 0.2) is 30.5 Å². The highest BCUT2D eigenvalue weighted by molar-refractivity contribution is 5.83. The van der Waals surface area contributed by atoms with Gasteiger partial charge in [0, 0.05) is 36.7 Å². The van der Waals surface area contributed by atoms with Gasteiger partial charge in [0.25, 0.3) is 0 Å². The lowest BCUT2D eigenvalue weighted by Gasteiger charge is -2.29. The molecule has 0 aliphatic carbocycles. The second-order valence-corrected chi connectivity index (χ2v) is 6.48. The molecule has 2 aromatic rings. The molecule has 1 fully saturated rings. The number of para-hydroxylation sites is 1. The van der Waals surface area contributed by atoms with Gasteiger partial charge in [-0.2, -0.15) is 0 Å². The molecule has 1 aliphatic heterocycles. The summed E-state index contributed by atoms with van der Waals surface area (Å²) in [6, 6.07) is 8.82. The molecule has 3 rings (SSSR count). The summed E-state index contributed by atoms with van der Waals surface area (Å²) in [7, 11) is 0.